The van der Waals surface area contributed by atoms with Crippen LogP contribution in [-0.4, -0.2) is 30.6 Å². The highest BCUT2D eigenvalue weighted by atomic mass is 15.2. The van der Waals surface area contributed by atoms with E-state index < -0.39 is 0 Å². The van der Waals surface area contributed by atoms with Gasteiger partial charge in [0.15, 0.2) is 0 Å². The largest absolute Gasteiger partial charge is 0.325 e. The average Bonchev–Trinajstić information content (AvgIpc) is 1.64. The minimum atomic E-state index is 0.474. The molecule has 0 radical (unpaired) electrons. The molecule has 1 fully saturated rings. The van der Waals surface area contributed by atoms with Crippen LogP contribution in [0.2, 0.25) is 0 Å². The molecule has 1 aliphatic heterocycles. The summed E-state index contributed by atoms with van der Waals surface area (Å²) in [4.78, 5) is 2.38. The van der Waals surface area contributed by atoms with Gasteiger partial charge in [-0.25, -0.2) is 0 Å². The molecule has 2 N–H and O–H groups in total. The Morgan fingerprint density at radius 2 is 2.25 bits per heavy atom. The first kappa shape index (κ1) is 6.05. The molecular weight excluding hydrogens is 100 g/mol. The fourth-order valence-electron chi connectivity index (χ4n) is 1.11. The fourth-order valence-corrected chi connectivity index (χ4v) is 1.11. The first-order chi connectivity index (χ1) is 3.83. The average molecular weight is 114 g/mol. The summed E-state index contributed by atoms with van der Waals surface area (Å²) in [5, 5.41) is 0. The Morgan fingerprint density at radius 1 is 1.62 bits per heavy atom. The van der Waals surface area contributed by atoms with Gasteiger partial charge in [-0.05, 0) is 13.0 Å². The van der Waals surface area contributed by atoms with Gasteiger partial charge in [-0.15, -0.1) is 0 Å². The molecule has 2 nitrogen and oxygen atoms in total. The van der Waals surface area contributed by atoms with E-state index in [4.69, 9.17) is 5.73 Å². The van der Waals surface area contributed by atoms with Gasteiger partial charge >= 0.3 is 0 Å². The van der Waals surface area contributed by atoms with Crippen molar-refractivity contribution >= 4 is 0 Å². The summed E-state index contributed by atoms with van der Waals surface area (Å²) in [7, 11) is 0. The molecule has 0 unspecified atom stereocenters. The Labute approximate surface area is 50.7 Å². The van der Waals surface area contributed by atoms with Gasteiger partial charge in [-0.2, -0.15) is 0 Å². The van der Waals surface area contributed by atoms with Crippen molar-refractivity contribution in [1.82, 2.24) is 4.90 Å². The number of nitrogens with two attached hydrogens (primary N) is 1. The van der Waals surface area contributed by atoms with E-state index in [2.05, 4.69) is 11.8 Å². The molecule has 0 aromatic rings. The van der Waals surface area contributed by atoms with E-state index in [0.29, 0.717) is 6.04 Å². The van der Waals surface area contributed by atoms with Crippen molar-refractivity contribution in [1.29, 1.82) is 0 Å². The molecule has 1 saturated heterocycles. The highest BCUT2D eigenvalue weighted by Gasteiger charge is 2.20. The maximum atomic E-state index is 5.56. The van der Waals surface area contributed by atoms with Gasteiger partial charge in [0.05, 0.1) is 0 Å². The third kappa shape index (κ3) is 1.20. The molecule has 0 bridgehead atoms. The Morgan fingerprint density at radius 3 is 2.62 bits per heavy atom. The SMILES string of the molecule is CCCN1CC(N)C1. The van der Waals surface area contributed by atoms with Gasteiger partial charge in [0.1, 0.15) is 0 Å². The lowest BCUT2D eigenvalue weighted by atomic mass is 10.1. The van der Waals surface area contributed by atoms with Gasteiger partial charge in [0, 0.05) is 19.1 Å². The second-order valence-corrected chi connectivity index (χ2v) is 2.52. The van der Waals surface area contributed by atoms with E-state index in [9.17, 15) is 0 Å². The Hall–Kier alpha value is -0.0800. The molecule has 0 atom stereocenters. The van der Waals surface area contributed by atoms with Crippen LogP contribution in [0.4, 0.5) is 0 Å². The van der Waals surface area contributed by atoms with E-state index in [0.717, 1.165) is 13.1 Å². The zero-order valence-electron chi connectivity index (χ0n) is 5.43. The van der Waals surface area contributed by atoms with Crippen molar-refractivity contribution in [2.45, 2.75) is 19.4 Å². The van der Waals surface area contributed by atoms with E-state index in [1.54, 1.807) is 0 Å². The predicted octanol–water partition coefficient (Wildman–Crippen LogP) is 0.0393. The van der Waals surface area contributed by atoms with Crippen LogP contribution < -0.4 is 5.73 Å². The highest BCUT2D eigenvalue weighted by molar-refractivity contribution is 4.81. The molecule has 0 aliphatic carbocycles. The van der Waals surface area contributed by atoms with E-state index >= 15 is 0 Å². The van der Waals surface area contributed by atoms with Gasteiger partial charge in [0.25, 0.3) is 0 Å². The number of hydrogen-bond acceptors (Lipinski definition) is 2. The summed E-state index contributed by atoms with van der Waals surface area (Å²) in [5.41, 5.74) is 5.56. The molecule has 1 heterocycles. The van der Waals surface area contributed by atoms with Gasteiger partial charge < -0.3 is 10.6 Å². The smallest absolute Gasteiger partial charge is 0.0297 e. The summed E-state index contributed by atoms with van der Waals surface area (Å²) in [6, 6.07) is 0.474. The Bertz CT molecular complexity index is 64.2. The lowest BCUT2D eigenvalue weighted by molar-refractivity contribution is 0.151. The first-order valence-electron chi connectivity index (χ1n) is 3.31. The molecule has 2 heteroatoms. The van der Waals surface area contributed by atoms with Crippen LogP contribution in [0.1, 0.15) is 13.3 Å². The summed E-state index contributed by atoms with van der Waals surface area (Å²) < 4.78 is 0. The van der Waals surface area contributed by atoms with Crippen molar-refractivity contribution in [2.24, 2.45) is 5.73 Å². The van der Waals surface area contributed by atoms with Crippen molar-refractivity contribution in [2.75, 3.05) is 19.6 Å². The van der Waals surface area contributed by atoms with E-state index in [1.165, 1.54) is 13.0 Å². The zero-order chi connectivity index (χ0) is 5.98. The molecule has 0 amide bonds. The van der Waals surface area contributed by atoms with Crippen molar-refractivity contribution in [3.63, 3.8) is 0 Å². The third-order valence-corrected chi connectivity index (χ3v) is 1.53. The first-order valence-corrected chi connectivity index (χ1v) is 3.31. The zero-order valence-corrected chi connectivity index (χ0v) is 5.43. The lowest BCUT2D eigenvalue weighted by Crippen LogP contribution is -2.55. The molecule has 1 aliphatic rings. The second kappa shape index (κ2) is 2.46. The van der Waals surface area contributed by atoms with Gasteiger partial charge in [-0.3, -0.25) is 0 Å². The highest BCUT2D eigenvalue weighted by Crippen LogP contribution is 2.04. The summed E-state index contributed by atoms with van der Waals surface area (Å²) in [6.07, 6.45) is 1.26. The van der Waals surface area contributed by atoms with Crippen LogP contribution >= 0.6 is 0 Å². The standard InChI is InChI=1S/C6H14N2/c1-2-3-8-4-6(7)5-8/h6H,2-5,7H2,1H3. The molecule has 0 aromatic heterocycles. The maximum Gasteiger partial charge on any atom is 0.0297 e. The summed E-state index contributed by atoms with van der Waals surface area (Å²) >= 11 is 0. The van der Waals surface area contributed by atoms with Gasteiger partial charge in [0.2, 0.25) is 0 Å². The van der Waals surface area contributed by atoms with Crippen molar-refractivity contribution in [3.8, 4) is 0 Å². The number of hydrogen-bond donors (Lipinski definition) is 1. The normalized spacial score (nSPS) is 23.2. The molecule has 8 heavy (non-hydrogen) atoms. The van der Waals surface area contributed by atoms with E-state index in [-0.39, 0.29) is 0 Å². The molecular formula is C6H14N2. The number of rotatable bonds is 2. The molecule has 0 aromatic carbocycles. The van der Waals surface area contributed by atoms with Crippen LogP contribution in [0.5, 0.6) is 0 Å². The number of likely N-dealkylation sites (tertiary alicyclic amines) is 1. The Balaban J connectivity index is 1.98. The minimum Gasteiger partial charge on any atom is -0.325 e. The van der Waals surface area contributed by atoms with Crippen LogP contribution in [-0.2, 0) is 0 Å². The van der Waals surface area contributed by atoms with Crippen molar-refractivity contribution < 1.29 is 0 Å². The van der Waals surface area contributed by atoms with Crippen LogP contribution in [0, 0.1) is 0 Å². The van der Waals surface area contributed by atoms with Gasteiger partial charge in [-0.1, -0.05) is 6.92 Å². The molecule has 48 valence electrons. The van der Waals surface area contributed by atoms with E-state index in [1.807, 2.05) is 0 Å². The number of nitrogens with zero attached hydrogens (tertiary/aromatic N) is 1. The van der Waals surface area contributed by atoms with Crippen LogP contribution in [0.15, 0.2) is 0 Å². The van der Waals surface area contributed by atoms with Crippen LogP contribution in [0.3, 0.4) is 0 Å². The Kier molecular flexibility index (Phi) is 1.86. The lowest BCUT2D eigenvalue weighted by Gasteiger charge is -2.36. The summed E-state index contributed by atoms with van der Waals surface area (Å²) in [5.74, 6) is 0. The van der Waals surface area contributed by atoms with Crippen LogP contribution in [0.25, 0.3) is 0 Å². The fraction of sp³-hybridized carbons (Fsp3) is 1.00. The second-order valence-electron chi connectivity index (χ2n) is 2.52. The third-order valence-electron chi connectivity index (χ3n) is 1.53. The predicted molar refractivity (Wildman–Crippen MR) is 34.7 cm³/mol. The summed E-state index contributed by atoms with van der Waals surface area (Å²) in [6.45, 7) is 5.67. The molecule has 0 saturated carbocycles. The molecule has 0 spiro atoms. The maximum absolute atomic E-state index is 5.56. The quantitative estimate of drug-likeness (QED) is 0.549. The topological polar surface area (TPSA) is 29.3 Å². The molecule has 1 rings (SSSR count). The minimum absolute atomic E-state index is 0.474. The van der Waals surface area contributed by atoms with Crippen molar-refractivity contribution in [3.05, 3.63) is 0 Å². The monoisotopic (exact) mass is 114 g/mol.